The van der Waals surface area contributed by atoms with Gasteiger partial charge in [0.2, 0.25) is 0 Å². The van der Waals surface area contributed by atoms with Gasteiger partial charge in [-0.05, 0) is 12.1 Å². The monoisotopic (exact) mass is 152 g/mol. The molecule has 0 heterocycles. The van der Waals surface area contributed by atoms with Gasteiger partial charge in [-0.15, -0.1) is 0 Å². The Labute approximate surface area is 63.6 Å². The second kappa shape index (κ2) is 3.01. The minimum atomic E-state index is -0.0269. The fourth-order valence-electron chi connectivity index (χ4n) is 0.804. The third kappa shape index (κ3) is 1.46. The second-order valence-electron chi connectivity index (χ2n) is 2.09. The summed E-state index contributed by atoms with van der Waals surface area (Å²) in [5, 5.41) is 21.3. The van der Waals surface area contributed by atoms with Crippen LogP contribution in [0, 0.1) is 5.53 Å². The minimum absolute atomic E-state index is 0.0124. The topological polar surface area (TPSA) is 76.7 Å². The van der Waals surface area contributed by atoms with E-state index in [-0.39, 0.29) is 18.0 Å². The first kappa shape index (κ1) is 7.53. The largest absolute Gasteiger partial charge is 0.507 e. The van der Waals surface area contributed by atoms with E-state index in [9.17, 15) is 0 Å². The van der Waals surface area contributed by atoms with Gasteiger partial charge in [-0.1, -0.05) is 6.07 Å². The summed E-state index contributed by atoms with van der Waals surface area (Å²) in [6.07, 6.45) is 0. The molecule has 0 bridgehead atoms. The van der Waals surface area contributed by atoms with Gasteiger partial charge >= 0.3 is 0 Å². The molecule has 4 heteroatoms. The van der Waals surface area contributed by atoms with E-state index in [2.05, 4.69) is 5.11 Å². The third-order valence-electron chi connectivity index (χ3n) is 1.36. The van der Waals surface area contributed by atoms with Crippen LogP contribution >= 0.6 is 0 Å². The van der Waals surface area contributed by atoms with Crippen molar-refractivity contribution in [2.45, 2.75) is 6.54 Å². The second-order valence-corrected chi connectivity index (χ2v) is 2.09. The summed E-state index contributed by atoms with van der Waals surface area (Å²) < 4.78 is 0. The van der Waals surface area contributed by atoms with Gasteiger partial charge in [0.15, 0.2) is 0 Å². The van der Waals surface area contributed by atoms with Gasteiger partial charge < -0.3 is 10.2 Å². The Bertz CT molecular complexity index is 253. The Balaban J connectivity index is 3.09. The summed E-state index contributed by atoms with van der Waals surface area (Å²) in [6, 6.07) is 4.42. The first-order chi connectivity index (χ1) is 5.25. The van der Waals surface area contributed by atoms with Crippen molar-refractivity contribution in [2.75, 3.05) is 0 Å². The quantitative estimate of drug-likeness (QED) is 0.563. The predicted octanol–water partition coefficient (Wildman–Crippen LogP) is 1.63. The average Bonchev–Trinajstić information content (AvgIpc) is 1.97. The fourth-order valence-corrected chi connectivity index (χ4v) is 0.804. The van der Waals surface area contributed by atoms with Crippen molar-refractivity contribution in [1.29, 1.82) is 5.53 Å². The molecule has 0 aliphatic carbocycles. The molecule has 0 saturated heterocycles. The molecule has 0 radical (unpaired) electrons. The summed E-state index contributed by atoms with van der Waals surface area (Å²) in [5.41, 5.74) is 6.83. The Kier molecular flexibility index (Phi) is 2.06. The Morgan fingerprint density at radius 1 is 1.27 bits per heavy atom. The maximum Gasteiger partial charge on any atom is 0.124 e. The maximum absolute atomic E-state index is 9.12. The molecule has 0 aromatic heterocycles. The van der Waals surface area contributed by atoms with E-state index in [4.69, 9.17) is 15.7 Å². The fraction of sp³-hybridized carbons (Fsp3) is 0.143. The average molecular weight is 152 g/mol. The van der Waals surface area contributed by atoms with Crippen molar-refractivity contribution in [3.63, 3.8) is 0 Å². The molecular formula is C7H8N2O2. The molecule has 0 aliphatic rings. The zero-order valence-corrected chi connectivity index (χ0v) is 5.78. The molecule has 1 rings (SSSR count). The number of hydrogen-bond acceptors (Lipinski definition) is 4. The van der Waals surface area contributed by atoms with E-state index in [1.165, 1.54) is 18.2 Å². The van der Waals surface area contributed by atoms with Gasteiger partial charge in [-0.2, -0.15) is 5.11 Å². The van der Waals surface area contributed by atoms with E-state index < -0.39 is 0 Å². The molecule has 0 unspecified atom stereocenters. The number of rotatable bonds is 2. The highest BCUT2D eigenvalue weighted by Crippen LogP contribution is 2.26. The lowest BCUT2D eigenvalue weighted by atomic mass is 10.2. The van der Waals surface area contributed by atoms with Gasteiger partial charge in [0.25, 0.3) is 0 Å². The van der Waals surface area contributed by atoms with Crippen LogP contribution in [0.5, 0.6) is 11.5 Å². The van der Waals surface area contributed by atoms with Crippen LogP contribution in [0.15, 0.2) is 23.3 Å². The van der Waals surface area contributed by atoms with Crippen molar-refractivity contribution < 1.29 is 10.2 Å². The summed E-state index contributed by atoms with van der Waals surface area (Å²) in [4.78, 5) is 0. The number of nitrogens with zero attached hydrogens (tertiary/aromatic N) is 1. The smallest absolute Gasteiger partial charge is 0.124 e. The van der Waals surface area contributed by atoms with Crippen molar-refractivity contribution in [3.8, 4) is 11.5 Å². The summed E-state index contributed by atoms with van der Waals surface area (Å²) >= 11 is 0. The Hall–Kier alpha value is -1.58. The molecule has 0 saturated carbocycles. The van der Waals surface area contributed by atoms with Crippen molar-refractivity contribution >= 4 is 0 Å². The summed E-state index contributed by atoms with van der Waals surface area (Å²) in [7, 11) is 0. The van der Waals surface area contributed by atoms with Gasteiger partial charge in [0, 0.05) is 0 Å². The van der Waals surface area contributed by atoms with Crippen molar-refractivity contribution in [3.05, 3.63) is 23.8 Å². The molecule has 1 aromatic carbocycles. The number of aromatic hydroxyl groups is 2. The number of nitrogens with one attached hydrogen (secondary N) is 1. The lowest BCUT2D eigenvalue weighted by molar-refractivity contribution is 0.438. The molecular weight excluding hydrogens is 144 g/mol. The van der Waals surface area contributed by atoms with Gasteiger partial charge in [-0.3, -0.25) is 0 Å². The van der Waals surface area contributed by atoms with E-state index in [1.54, 1.807) is 0 Å². The highest BCUT2D eigenvalue weighted by molar-refractivity contribution is 5.42. The summed E-state index contributed by atoms with van der Waals surface area (Å²) in [6.45, 7) is 0.0124. The van der Waals surface area contributed by atoms with Crippen LogP contribution in [0.4, 0.5) is 0 Å². The van der Waals surface area contributed by atoms with Crippen molar-refractivity contribution in [2.24, 2.45) is 5.11 Å². The molecule has 11 heavy (non-hydrogen) atoms. The van der Waals surface area contributed by atoms with Gasteiger partial charge in [0.05, 0.1) is 12.1 Å². The number of benzene rings is 1. The first-order valence-electron chi connectivity index (χ1n) is 3.08. The molecule has 58 valence electrons. The number of phenolic OH excluding ortho intramolecular Hbond substituents is 2. The van der Waals surface area contributed by atoms with Gasteiger partial charge in [0.1, 0.15) is 11.5 Å². The maximum atomic E-state index is 9.12. The highest BCUT2D eigenvalue weighted by atomic mass is 16.3. The van der Waals surface area contributed by atoms with Crippen molar-refractivity contribution in [1.82, 2.24) is 0 Å². The zero-order valence-electron chi connectivity index (χ0n) is 5.78. The first-order valence-corrected chi connectivity index (χ1v) is 3.08. The normalized spacial score (nSPS) is 9.45. The predicted molar refractivity (Wildman–Crippen MR) is 38.6 cm³/mol. The molecule has 0 fully saturated rings. The van der Waals surface area contributed by atoms with E-state index >= 15 is 0 Å². The lowest BCUT2D eigenvalue weighted by Crippen LogP contribution is -1.82. The van der Waals surface area contributed by atoms with Crippen LogP contribution in [0.25, 0.3) is 0 Å². The molecule has 0 amide bonds. The van der Waals surface area contributed by atoms with E-state index in [1.807, 2.05) is 0 Å². The Morgan fingerprint density at radius 2 is 1.82 bits per heavy atom. The van der Waals surface area contributed by atoms with E-state index in [0.717, 1.165) is 0 Å². The highest BCUT2D eigenvalue weighted by Gasteiger charge is 2.04. The van der Waals surface area contributed by atoms with Crippen LogP contribution < -0.4 is 0 Å². The van der Waals surface area contributed by atoms with Crippen LogP contribution in [-0.4, -0.2) is 10.2 Å². The third-order valence-corrected chi connectivity index (χ3v) is 1.36. The summed E-state index contributed by atoms with van der Waals surface area (Å²) in [5.74, 6) is -0.0537. The van der Waals surface area contributed by atoms with Gasteiger partial charge in [-0.25, -0.2) is 5.53 Å². The number of hydrogen-bond donors (Lipinski definition) is 3. The molecule has 3 N–H and O–H groups in total. The molecule has 1 aromatic rings. The van der Waals surface area contributed by atoms with Crippen LogP contribution in [0.3, 0.4) is 0 Å². The van der Waals surface area contributed by atoms with Crippen LogP contribution in [-0.2, 0) is 6.54 Å². The zero-order chi connectivity index (χ0) is 8.27. The molecule has 0 atom stereocenters. The van der Waals surface area contributed by atoms with E-state index in [0.29, 0.717) is 5.56 Å². The van der Waals surface area contributed by atoms with Crippen LogP contribution in [0.1, 0.15) is 5.56 Å². The molecule has 0 spiro atoms. The Morgan fingerprint density at radius 3 is 2.27 bits per heavy atom. The molecule has 4 nitrogen and oxygen atoms in total. The lowest BCUT2D eigenvalue weighted by Gasteiger charge is -2.01. The minimum Gasteiger partial charge on any atom is -0.507 e. The standard InChI is InChI=1S/C7H8N2O2/c8-9-4-5-6(10)2-1-3-7(5)11/h1-3,8,10-11H,4H2. The molecule has 0 aliphatic heterocycles. The number of phenols is 2. The van der Waals surface area contributed by atoms with Crippen LogP contribution in [0.2, 0.25) is 0 Å². The SMILES string of the molecule is N=NCc1c(O)cccc1O.